The number of hydrogen-bond acceptors (Lipinski definition) is 4. The summed E-state index contributed by atoms with van der Waals surface area (Å²) in [6.45, 7) is 1.92. The predicted octanol–water partition coefficient (Wildman–Crippen LogP) is 3.53. The van der Waals surface area contributed by atoms with Gasteiger partial charge in [-0.25, -0.2) is 8.42 Å². The van der Waals surface area contributed by atoms with Gasteiger partial charge in [0.2, 0.25) is 0 Å². The molecule has 0 N–H and O–H groups in total. The van der Waals surface area contributed by atoms with Crippen molar-refractivity contribution >= 4 is 72.8 Å². The number of aryl methyl sites for hydroxylation is 1. The Labute approximate surface area is 195 Å². The summed E-state index contributed by atoms with van der Waals surface area (Å²) in [5, 5.41) is 0.515. The summed E-state index contributed by atoms with van der Waals surface area (Å²) < 4.78 is 23.2. The summed E-state index contributed by atoms with van der Waals surface area (Å²) in [5.74, 6) is 0. The normalized spacial score (nSPS) is 11.0. The number of benzene rings is 1. The van der Waals surface area contributed by atoms with Gasteiger partial charge in [-0.2, -0.15) is 0 Å². The van der Waals surface area contributed by atoms with Crippen LogP contribution in [0.2, 0.25) is 5.02 Å². The Kier molecular flexibility index (Phi) is 6.95. The monoisotopic (exact) mass is 398 g/mol. The molecule has 3 rings (SSSR count). The van der Waals surface area contributed by atoms with Gasteiger partial charge in [0.15, 0.2) is 9.84 Å². The Morgan fingerprint density at radius 2 is 1.56 bits per heavy atom. The fourth-order valence-electron chi connectivity index (χ4n) is 2.38. The average Bonchev–Trinajstić information content (AvgIpc) is 2.55. The summed E-state index contributed by atoms with van der Waals surface area (Å²) in [4.78, 5) is 9.02. The van der Waals surface area contributed by atoms with Gasteiger partial charge in [-0.05, 0) is 42.8 Å². The first-order valence-corrected chi connectivity index (χ1v) is 9.50. The van der Waals surface area contributed by atoms with Crippen LogP contribution in [0.15, 0.2) is 59.8 Å². The number of sulfone groups is 1. The molecule has 4 nitrogen and oxygen atoms in total. The van der Waals surface area contributed by atoms with E-state index in [2.05, 4.69) is 9.97 Å². The molecule has 0 aliphatic heterocycles. The van der Waals surface area contributed by atoms with Gasteiger partial charge in [0.05, 0.1) is 15.6 Å². The van der Waals surface area contributed by atoms with Crippen LogP contribution in [0.5, 0.6) is 0 Å². The number of nitrogens with zero attached hydrogens (tertiary/aromatic N) is 2. The minimum atomic E-state index is -3.23. The van der Waals surface area contributed by atoms with E-state index in [0.29, 0.717) is 5.02 Å². The Balaban J connectivity index is 0.00000225. The number of aromatic nitrogens is 2. The molecular weight excluding hydrogens is 383 g/mol. The molecule has 0 bridgehead atoms. The molecule has 3 aromatic rings. The van der Waals surface area contributed by atoms with Gasteiger partial charge in [-0.1, -0.05) is 23.7 Å². The minimum absolute atomic E-state index is 0. The van der Waals surface area contributed by atoms with Crippen molar-refractivity contribution in [2.75, 3.05) is 6.26 Å². The molecule has 0 amide bonds. The van der Waals surface area contributed by atoms with Crippen LogP contribution in [0.25, 0.3) is 22.4 Å². The summed E-state index contributed by atoms with van der Waals surface area (Å²) in [5.41, 5.74) is 4.21. The SMILES string of the molecule is Cc1ccc(-c2ncc(Cl)cc2-c2ccc(S(C)(=O)=O)cc2)cn1.[KH]. The van der Waals surface area contributed by atoms with E-state index in [1.807, 2.05) is 25.1 Å². The molecule has 0 aliphatic carbocycles. The molecule has 0 atom stereocenters. The maximum absolute atomic E-state index is 11.6. The maximum atomic E-state index is 11.6. The van der Waals surface area contributed by atoms with E-state index in [-0.39, 0.29) is 56.3 Å². The quantitative estimate of drug-likeness (QED) is 0.633. The third-order valence-corrected chi connectivity index (χ3v) is 4.97. The first kappa shape index (κ1) is 20.7. The van der Waals surface area contributed by atoms with Crippen LogP contribution < -0.4 is 0 Å². The Morgan fingerprint density at radius 3 is 2.12 bits per heavy atom. The second-order valence-corrected chi connectivity index (χ2v) is 7.99. The van der Waals surface area contributed by atoms with Gasteiger partial charge >= 0.3 is 51.4 Å². The van der Waals surface area contributed by atoms with Crippen molar-refractivity contribution in [3.63, 3.8) is 0 Å². The number of rotatable bonds is 3. The van der Waals surface area contributed by atoms with E-state index in [9.17, 15) is 8.42 Å². The van der Waals surface area contributed by atoms with Gasteiger partial charge in [0.1, 0.15) is 0 Å². The zero-order valence-electron chi connectivity index (χ0n) is 13.2. The van der Waals surface area contributed by atoms with Gasteiger partial charge in [-0.15, -0.1) is 0 Å². The first-order valence-electron chi connectivity index (χ1n) is 7.24. The van der Waals surface area contributed by atoms with Gasteiger partial charge in [-0.3, -0.25) is 9.97 Å². The molecular formula is C18H16ClKN2O2S. The molecule has 0 aliphatic rings. The van der Waals surface area contributed by atoms with E-state index in [4.69, 9.17) is 11.6 Å². The van der Waals surface area contributed by atoms with Crippen LogP contribution in [0.3, 0.4) is 0 Å². The fraction of sp³-hybridized carbons (Fsp3) is 0.111. The zero-order valence-corrected chi connectivity index (χ0v) is 14.8. The van der Waals surface area contributed by atoms with Gasteiger partial charge in [0, 0.05) is 35.5 Å². The molecule has 2 aromatic heterocycles. The van der Waals surface area contributed by atoms with Crippen LogP contribution in [-0.4, -0.2) is 76.0 Å². The van der Waals surface area contributed by atoms with E-state index in [1.165, 1.54) is 6.26 Å². The number of pyridine rings is 2. The van der Waals surface area contributed by atoms with Crippen LogP contribution in [0, 0.1) is 6.92 Å². The number of hydrogen-bond donors (Lipinski definition) is 0. The van der Waals surface area contributed by atoms with Gasteiger partial charge < -0.3 is 0 Å². The third kappa shape index (κ3) is 4.98. The summed E-state index contributed by atoms with van der Waals surface area (Å²) in [6, 6.07) is 12.4. The predicted molar refractivity (Wildman–Crippen MR) is 103 cm³/mol. The van der Waals surface area contributed by atoms with Crippen molar-refractivity contribution in [2.24, 2.45) is 0 Å². The molecule has 0 saturated carbocycles. The van der Waals surface area contributed by atoms with Crippen molar-refractivity contribution in [1.29, 1.82) is 0 Å². The molecule has 25 heavy (non-hydrogen) atoms. The average molecular weight is 399 g/mol. The van der Waals surface area contributed by atoms with Crippen LogP contribution >= 0.6 is 11.6 Å². The van der Waals surface area contributed by atoms with Crippen molar-refractivity contribution in [2.45, 2.75) is 11.8 Å². The van der Waals surface area contributed by atoms with Crippen LogP contribution in [0.1, 0.15) is 5.69 Å². The molecule has 124 valence electrons. The van der Waals surface area contributed by atoms with Crippen molar-refractivity contribution in [3.8, 4) is 22.4 Å². The fourth-order valence-corrected chi connectivity index (χ4v) is 3.17. The van der Waals surface area contributed by atoms with Crippen molar-refractivity contribution in [3.05, 3.63) is 65.6 Å². The zero-order chi connectivity index (χ0) is 17.3. The Bertz CT molecular complexity index is 989. The van der Waals surface area contributed by atoms with E-state index >= 15 is 0 Å². The van der Waals surface area contributed by atoms with Crippen molar-refractivity contribution in [1.82, 2.24) is 9.97 Å². The molecule has 0 saturated heterocycles. The standard InChI is InChI=1S/C18H15ClN2O2S.K.H/c1-12-3-4-14(10-20-12)18-17(9-15(19)11-21-18)13-5-7-16(8-6-13)24(2,22)23;;/h3-11H,1-2H3;;. The molecule has 0 spiro atoms. The number of halogens is 1. The van der Waals surface area contributed by atoms with Crippen molar-refractivity contribution < 1.29 is 8.42 Å². The topological polar surface area (TPSA) is 59.9 Å². The summed E-state index contributed by atoms with van der Waals surface area (Å²) in [6.07, 6.45) is 4.54. The van der Waals surface area contributed by atoms with Gasteiger partial charge in [0.25, 0.3) is 0 Å². The second kappa shape index (κ2) is 8.39. The molecule has 0 unspecified atom stereocenters. The molecule has 2 heterocycles. The van der Waals surface area contributed by atoms with E-state index < -0.39 is 9.84 Å². The van der Waals surface area contributed by atoms with E-state index in [1.54, 1.807) is 36.7 Å². The molecule has 0 radical (unpaired) electrons. The Morgan fingerprint density at radius 1 is 0.920 bits per heavy atom. The third-order valence-electron chi connectivity index (χ3n) is 3.63. The van der Waals surface area contributed by atoms with E-state index in [0.717, 1.165) is 28.1 Å². The summed E-state index contributed by atoms with van der Waals surface area (Å²) >= 11 is 6.11. The first-order chi connectivity index (χ1) is 11.3. The summed E-state index contributed by atoms with van der Waals surface area (Å²) in [7, 11) is -3.23. The molecule has 0 fully saturated rings. The molecule has 7 heteroatoms. The Hall–Kier alpha value is -0.604. The molecule has 1 aromatic carbocycles. The van der Waals surface area contributed by atoms with Crippen LogP contribution in [-0.2, 0) is 9.84 Å². The second-order valence-electron chi connectivity index (χ2n) is 5.53. The van der Waals surface area contributed by atoms with Crippen LogP contribution in [0.4, 0.5) is 0 Å².